The van der Waals surface area contributed by atoms with Crippen molar-refractivity contribution in [3.05, 3.63) is 168 Å². The van der Waals surface area contributed by atoms with E-state index in [1.54, 1.807) is 0 Å². The summed E-state index contributed by atoms with van der Waals surface area (Å²) >= 11 is 0. The van der Waals surface area contributed by atoms with Gasteiger partial charge in [-0.25, -0.2) is 0 Å². The summed E-state index contributed by atoms with van der Waals surface area (Å²) in [6, 6.07) is 47.9. The van der Waals surface area contributed by atoms with Gasteiger partial charge in [0.2, 0.25) is 11.7 Å². The molecule has 9 aromatic rings. The van der Waals surface area contributed by atoms with Gasteiger partial charge in [-0.1, -0.05) is 84.9 Å². The van der Waals surface area contributed by atoms with E-state index in [1.165, 1.54) is 89.0 Å². The first-order chi connectivity index (χ1) is 23.8. The molecule has 0 radical (unpaired) electrons. The van der Waals surface area contributed by atoms with Crippen LogP contribution in [0.4, 0.5) is 11.4 Å². The molecule has 5 heteroatoms. The minimum Gasteiger partial charge on any atom is -0.252 e. The van der Waals surface area contributed by atoms with Gasteiger partial charge in [-0.3, -0.25) is 4.98 Å². The lowest BCUT2D eigenvalue weighted by molar-refractivity contribution is -1.01. The molecule has 1 aliphatic carbocycles. The molecule has 48 heavy (non-hydrogen) atoms. The molecular weight excluding hydrogens is 587 g/mol. The molecule has 5 nitrogen and oxygen atoms in total. The SMILES string of the molecule is Cc1cc[n+]2c(c1)-c1cccc3c1[N+]21c2c(ccc4c5ncccc5n5c6ccccc6[n+]1c5c24)C31c2ccccc2-c2ccccc21. The molecule has 0 fully saturated rings. The molecular formula is C43H26N5+3. The number of para-hydroxylation sites is 3. The molecule has 3 aliphatic heterocycles. The fourth-order valence-corrected chi connectivity index (χ4v) is 10.4. The van der Waals surface area contributed by atoms with Crippen molar-refractivity contribution in [2.75, 3.05) is 0 Å². The summed E-state index contributed by atoms with van der Waals surface area (Å²) in [6.45, 7) is 2.21. The molecule has 0 N–H and O–H groups in total. The zero-order valence-electron chi connectivity index (χ0n) is 26.0. The Kier molecular flexibility index (Phi) is 3.77. The Labute approximate surface area is 275 Å². The minimum atomic E-state index is -0.489. The van der Waals surface area contributed by atoms with Crippen molar-refractivity contribution in [3.63, 3.8) is 0 Å². The van der Waals surface area contributed by atoms with Crippen molar-refractivity contribution in [2.24, 2.45) is 0 Å². The van der Waals surface area contributed by atoms with E-state index < -0.39 is 5.41 Å². The first kappa shape index (κ1) is 24.1. The lowest BCUT2D eigenvalue weighted by Gasteiger charge is -2.39. The van der Waals surface area contributed by atoms with Crippen molar-refractivity contribution in [3.8, 4) is 22.4 Å². The van der Waals surface area contributed by atoms with Gasteiger partial charge in [0.15, 0.2) is 16.4 Å². The summed E-state index contributed by atoms with van der Waals surface area (Å²) in [5, 5.41) is 2.47. The molecule has 1 unspecified atom stereocenters. The summed E-state index contributed by atoms with van der Waals surface area (Å²) in [5.74, 6) is 0. The first-order valence-corrected chi connectivity index (χ1v) is 16.7. The largest absolute Gasteiger partial charge is 0.360 e. The number of aryl methyl sites for hydroxylation is 1. The fraction of sp³-hybridized carbons (Fsp3) is 0.0465. The molecule has 0 amide bonds. The summed E-state index contributed by atoms with van der Waals surface area (Å²) in [5.41, 5.74) is 19.7. The number of imidazole rings is 1. The maximum atomic E-state index is 5.09. The van der Waals surface area contributed by atoms with Crippen LogP contribution in [0.2, 0.25) is 0 Å². The summed E-state index contributed by atoms with van der Waals surface area (Å²) in [6.07, 6.45) is 4.26. The van der Waals surface area contributed by atoms with Crippen molar-refractivity contribution in [1.29, 1.82) is 0 Å². The normalized spacial score (nSPS) is 17.9. The number of benzene rings is 5. The number of fused-ring (bicyclic) bond motifs is 15. The third-order valence-electron chi connectivity index (χ3n) is 11.8. The highest BCUT2D eigenvalue weighted by molar-refractivity contribution is 6.19. The van der Waals surface area contributed by atoms with Crippen LogP contribution in [0.15, 0.2) is 140 Å². The van der Waals surface area contributed by atoms with Gasteiger partial charge < -0.3 is 0 Å². The Bertz CT molecular complexity index is 3000. The average Bonchev–Trinajstić information content (AvgIpc) is 3.83. The van der Waals surface area contributed by atoms with Crippen molar-refractivity contribution in [2.45, 2.75) is 12.3 Å². The molecule has 5 aromatic carbocycles. The van der Waals surface area contributed by atoms with Crippen LogP contribution in [0.25, 0.3) is 60.9 Å². The highest BCUT2D eigenvalue weighted by Crippen LogP contribution is 2.67. The average molecular weight is 613 g/mol. The van der Waals surface area contributed by atoms with Gasteiger partial charge in [0, 0.05) is 44.2 Å². The minimum absolute atomic E-state index is 0.447. The van der Waals surface area contributed by atoms with Crippen LogP contribution >= 0.6 is 0 Å². The molecule has 4 aliphatic rings. The monoisotopic (exact) mass is 612 g/mol. The van der Waals surface area contributed by atoms with Gasteiger partial charge in [0.25, 0.3) is 17.1 Å². The number of nitrogens with zero attached hydrogens (tertiary/aromatic N) is 5. The number of rotatable bonds is 0. The maximum Gasteiger partial charge on any atom is 0.360 e. The summed E-state index contributed by atoms with van der Waals surface area (Å²) in [4.78, 5) is 5.09. The van der Waals surface area contributed by atoms with Gasteiger partial charge in [-0.2, -0.15) is 4.40 Å². The van der Waals surface area contributed by atoms with Gasteiger partial charge in [-0.05, 0) is 65.1 Å². The van der Waals surface area contributed by atoms with Crippen molar-refractivity contribution >= 4 is 49.9 Å². The number of quaternary nitrogens is 1. The van der Waals surface area contributed by atoms with Crippen molar-refractivity contribution in [1.82, 2.24) is 14.1 Å². The van der Waals surface area contributed by atoms with E-state index in [0.29, 0.717) is 4.70 Å². The molecule has 13 rings (SSSR count). The Morgan fingerprint density at radius 1 is 0.646 bits per heavy atom. The lowest BCUT2D eigenvalue weighted by atomic mass is 9.64. The smallest absolute Gasteiger partial charge is 0.252 e. The fourth-order valence-electron chi connectivity index (χ4n) is 10.4. The quantitative estimate of drug-likeness (QED) is 0.0963. The number of aromatic nitrogens is 4. The highest BCUT2D eigenvalue weighted by Gasteiger charge is 2.74. The third kappa shape index (κ3) is 2.18. The molecule has 2 spiro atoms. The lowest BCUT2D eigenvalue weighted by Crippen LogP contribution is -2.82. The summed E-state index contributed by atoms with van der Waals surface area (Å²) < 4.78 is 8.08. The summed E-state index contributed by atoms with van der Waals surface area (Å²) in [7, 11) is 0. The molecule has 1 atom stereocenters. The van der Waals surface area contributed by atoms with Crippen LogP contribution in [-0.2, 0) is 5.41 Å². The third-order valence-corrected chi connectivity index (χ3v) is 11.8. The predicted molar refractivity (Wildman–Crippen MR) is 188 cm³/mol. The highest BCUT2D eigenvalue weighted by atomic mass is 15.9. The van der Waals surface area contributed by atoms with Gasteiger partial charge >= 0.3 is 5.65 Å². The van der Waals surface area contributed by atoms with Crippen LogP contribution < -0.4 is 14.1 Å². The van der Waals surface area contributed by atoms with Gasteiger partial charge in [0.05, 0.1) is 5.41 Å². The van der Waals surface area contributed by atoms with Crippen molar-refractivity contribution < 1.29 is 9.35 Å². The predicted octanol–water partition coefficient (Wildman–Crippen LogP) is 8.21. The maximum absolute atomic E-state index is 5.09. The first-order valence-electron chi connectivity index (χ1n) is 16.7. The van der Waals surface area contributed by atoms with E-state index in [0.717, 1.165) is 11.0 Å². The Hall–Kier alpha value is -6.17. The molecule has 0 saturated heterocycles. The molecule has 220 valence electrons. The zero-order valence-corrected chi connectivity index (χ0v) is 26.0. The molecule has 4 aromatic heterocycles. The molecule has 7 heterocycles. The Morgan fingerprint density at radius 3 is 2.21 bits per heavy atom. The van der Waals surface area contributed by atoms with E-state index in [1.807, 2.05) is 6.20 Å². The number of hydrogen-bond donors (Lipinski definition) is 0. The van der Waals surface area contributed by atoms with E-state index in [2.05, 4.69) is 154 Å². The molecule has 0 bridgehead atoms. The van der Waals surface area contributed by atoms with Crippen LogP contribution in [0.3, 0.4) is 0 Å². The van der Waals surface area contributed by atoms with Gasteiger partial charge in [-0.15, -0.1) is 0 Å². The molecule has 0 saturated carbocycles. The second-order valence-corrected chi connectivity index (χ2v) is 13.8. The van der Waals surface area contributed by atoms with Crippen LogP contribution in [0.1, 0.15) is 27.8 Å². The van der Waals surface area contributed by atoms with Gasteiger partial charge in [0.1, 0.15) is 15.8 Å². The second kappa shape index (κ2) is 7.52. The van der Waals surface area contributed by atoms with E-state index in [-0.39, 0.29) is 0 Å². The number of hydrogen-bond acceptors (Lipinski definition) is 1. The topological polar surface area (TPSA) is 25.1 Å². The van der Waals surface area contributed by atoms with Crippen LogP contribution in [-0.4, -0.2) is 9.38 Å². The standard InChI is InChI=1S/C43H26N5/c1-25-21-23-45-37(24-25)28-12-8-15-32-40(28)48(45)41-33(43(32)30-13-4-2-10-26(30)27-11-3-5-14-31(27)43)20-19-29-38(41)42-46(36-18-9-22-44-39(29)36)34-16-6-7-17-35(34)47(42)48/h2-24H,1H3/q+3. The van der Waals surface area contributed by atoms with E-state index >= 15 is 0 Å². The number of pyridine rings is 3. The van der Waals surface area contributed by atoms with E-state index in [9.17, 15) is 0 Å². The Balaban J connectivity index is 1.40. The van der Waals surface area contributed by atoms with Crippen LogP contribution in [0, 0.1) is 6.92 Å². The van der Waals surface area contributed by atoms with E-state index in [4.69, 9.17) is 4.98 Å². The van der Waals surface area contributed by atoms with Crippen LogP contribution in [0.5, 0.6) is 0 Å². The Morgan fingerprint density at radius 2 is 1.35 bits per heavy atom. The second-order valence-electron chi connectivity index (χ2n) is 13.8. The zero-order chi connectivity index (χ0) is 31.1.